The van der Waals surface area contributed by atoms with E-state index in [4.69, 9.17) is 9.02 Å². The van der Waals surface area contributed by atoms with E-state index in [1.54, 1.807) is 13.8 Å². The normalized spacial score (nSPS) is 14.5. The number of hydroxylamine groups is 2. The third-order valence-corrected chi connectivity index (χ3v) is 5.49. The highest BCUT2D eigenvalue weighted by atomic mass is 32.2. The summed E-state index contributed by atoms with van der Waals surface area (Å²) < 4.78 is 39.0. The number of cyclic esters (lactones) is 1. The molecule has 0 fully saturated rings. The molecular weight excluding hydrogens is 442 g/mol. The van der Waals surface area contributed by atoms with Crippen LogP contribution in [-0.2, 0) is 28.7 Å². The molecule has 0 spiro atoms. The van der Waals surface area contributed by atoms with E-state index < -0.39 is 32.8 Å². The monoisotopic (exact) mass is 459 g/mol. The number of fused-ring (bicyclic) bond motifs is 1. The largest absolute Gasteiger partial charge is 0.462 e. The molecule has 2 aliphatic heterocycles. The molecule has 166 valence electrons. The first-order chi connectivity index (χ1) is 15.2. The number of carbonyl (C=O) groups is 4. The van der Waals surface area contributed by atoms with Crippen molar-refractivity contribution >= 4 is 33.9 Å². The molecule has 0 aromatic heterocycles. The minimum Gasteiger partial charge on any atom is -0.462 e. The standard InChI is InChI=1S/C17H13NO7S.C4H4O2/c1-2-24-17(21)13-9-5-6-10-14(13)26(22,23)25-18-15(19)11-7-3-4-8-12(11)16(18)20;1-3-2-6-4(3)5/h3-10H,2H2,1H3;2H,1H3. The number of hydrogen-bond acceptors (Lipinski definition) is 9. The molecule has 4 rings (SSSR count). The number of esters is 2. The van der Waals surface area contributed by atoms with Crippen LogP contribution in [-0.4, -0.2) is 43.8 Å². The van der Waals surface area contributed by atoms with Crippen LogP contribution in [0.2, 0.25) is 0 Å². The maximum Gasteiger partial charge on any atom is 0.341 e. The minimum atomic E-state index is -4.64. The maximum absolute atomic E-state index is 12.6. The number of rotatable bonds is 5. The van der Waals surface area contributed by atoms with Crippen molar-refractivity contribution in [3.63, 3.8) is 0 Å². The zero-order chi connectivity index (χ0) is 23.5. The van der Waals surface area contributed by atoms with E-state index >= 15 is 0 Å². The van der Waals surface area contributed by atoms with Crippen molar-refractivity contribution in [3.8, 4) is 0 Å². The van der Waals surface area contributed by atoms with Crippen molar-refractivity contribution in [2.45, 2.75) is 18.7 Å². The summed E-state index contributed by atoms with van der Waals surface area (Å²) >= 11 is 0. The molecule has 0 aliphatic carbocycles. The Morgan fingerprint density at radius 2 is 1.50 bits per heavy atom. The van der Waals surface area contributed by atoms with Gasteiger partial charge in [0, 0.05) is 0 Å². The number of nitrogens with zero attached hydrogens (tertiary/aromatic N) is 1. The highest BCUT2D eigenvalue weighted by Gasteiger charge is 2.40. The van der Waals surface area contributed by atoms with Gasteiger partial charge in [-0.25, -0.2) is 9.59 Å². The number of carbonyl (C=O) groups excluding carboxylic acids is 4. The van der Waals surface area contributed by atoms with Crippen molar-refractivity contribution in [1.82, 2.24) is 5.06 Å². The maximum atomic E-state index is 12.6. The summed E-state index contributed by atoms with van der Waals surface area (Å²) in [5.41, 5.74) is 0.513. The van der Waals surface area contributed by atoms with Crippen LogP contribution < -0.4 is 0 Å². The van der Waals surface area contributed by atoms with Crippen LogP contribution in [0.4, 0.5) is 0 Å². The fraction of sp³-hybridized carbons (Fsp3) is 0.143. The van der Waals surface area contributed by atoms with Crippen LogP contribution in [0, 0.1) is 0 Å². The van der Waals surface area contributed by atoms with Crippen molar-refractivity contribution in [2.75, 3.05) is 6.61 Å². The van der Waals surface area contributed by atoms with Gasteiger partial charge < -0.3 is 9.47 Å². The fourth-order valence-corrected chi connectivity index (χ4v) is 3.74. The Morgan fingerprint density at radius 1 is 0.969 bits per heavy atom. The minimum absolute atomic E-state index is 0.0337. The van der Waals surface area contributed by atoms with Gasteiger partial charge in [0.25, 0.3) is 11.8 Å². The van der Waals surface area contributed by atoms with E-state index in [1.807, 2.05) is 0 Å². The Hall–Kier alpha value is -3.83. The third-order valence-electron chi connectivity index (χ3n) is 4.25. The summed E-state index contributed by atoms with van der Waals surface area (Å²) in [6.07, 6.45) is 1.43. The number of amides is 2. The van der Waals surface area contributed by atoms with Crippen molar-refractivity contribution in [3.05, 3.63) is 77.1 Å². The van der Waals surface area contributed by atoms with E-state index in [2.05, 4.69) is 4.74 Å². The van der Waals surface area contributed by atoms with Gasteiger partial charge in [0.15, 0.2) is 0 Å². The number of benzene rings is 2. The lowest BCUT2D eigenvalue weighted by atomic mass is 10.1. The fourth-order valence-electron chi connectivity index (χ4n) is 2.66. The van der Waals surface area contributed by atoms with Crippen LogP contribution in [0.1, 0.15) is 44.9 Å². The average molecular weight is 459 g/mol. The molecule has 2 heterocycles. The first kappa shape index (κ1) is 22.8. The van der Waals surface area contributed by atoms with Gasteiger partial charge in [-0.2, -0.15) is 8.42 Å². The van der Waals surface area contributed by atoms with Crippen LogP contribution in [0.25, 0.3) is 0 Å². The summed E-state index contributed by atoms with van der Waals surface area (Å²) in [7, 11) is -4.64. The van der Waals surface area contributed by atoms with Gasteiger partial charge in [0.1, 0.15) is 11.2 Å². The molecule has 10 nitrogen and oxygen atoms in total. The first-order valence-corrected chi connectivity index (χ1v) is 10.6. The zero-order valence-corrected chi connectivity index (χ0v) is 17.7. The predicted molar refractivity (Wildman–Crippen MR) is 107 cm³/mol. The van der Waals surface area contributed by atoms with Crippen LogP contribution >= 0.6 is 0 Å². The molecule has 0 N–H and O–H groups in total. The summed E-state index contributed by atoms with van der Waals surface area (Å²) in [6, 6.07) is 11.1. The van der Waals surface area contributed by atoms with Crippen molar-refractivity contribution in [2.24, 2.45) is 0 Å². The van der Waals surface area contributed by atoms with Crippen molar-refractivity contribution < 1.29 is 41.4 Å². The summed E-state index contributed by atoms with van der Waals surface area (Å²) in [5, 5.41) is 0.169. The molecule has 0 saturated heterocycles. The van der Waals surface area contributed by atoms with E-state index in [9.17, 15) is 27.6 Å². The van der Waals surface area contributed by atoms with Gasteiger partial charge in [0.05, 0.1) is 28.9 Å². The topological polar surface area (TPSA) is 133 Å². The Balaban J connectivity index is 0.000000416. The second kappa shape index (κ2) is 9.12. The Labute approximate surface area is 183 Å². The summed E-state index contributed by atoms with van der Waals surface area (Å²) in [4.78, 5) is 45.9. The Morgan fingerprint density at radius 3 is 1.97 bits per heavy atom. The number of ether oxygens (including phenoxy) is 2. The molecule has 2 aromatic rings. The highest BCUT2D eigenvalue weighted by molar-refractivity contribution is 7.86. The second-order valence-electron chi connectivity index (χ2n) is 6.40. The molecule has 0 atom stereocenters. The van der Waals surface area contributed by atoms with E-state index in [0.29, 0.717) is 5.57 Å². The van der Waals surface area contributed by atoms with Crippen LogP contribution in [0.15, 0.2) is 65.3 Å². The molecule has 0 unspecified atom stereocenters. The van der Waals surface area contributed by atoms with Crippen molar-refractivity contribution in [1.29, 1.82) is 0 Å². The van der Waals surface area contributed by atoms with E-state index in [1.165, 1.54) is 48.7 Å². The lowest BCUT2D eigenvalue weighted by Gasteiger charge is -2.14. The first-order valence-electron chi connectivity index (χ1n) is 9.23. The summed E-state index contributed by atoms with van der Waals surface area (Å²) in [6.45, 7) is 3.34. The van der Waals surface area contributed by atoms with E-state index in [-0.39, 0.29) is 34.3 Å². The third kappa shape index (κ3) is 4.43. The summed E-state index contributed by atoms with van der Waals surface area (Å²) in [5.74, 6) is -2.86. The van der Waals surface area contributed by atoms with Gasteiger partial charge >= 0.3 is 22.1 Å². The number of imide groups is 1. The van der Waals surface area contributed by atoms with Gasteiger partial charge in [-0.1, -0.05) is 24.3 Å². The Bertz CT molecular complexity index is 1210. The van der Waals surface area contributed by atoms with Crippen LogP contribution in [0.3, 0.4) is 0 Å². The van der Waals surface area contributed by atoms with Gasteiger partial charge in [0.2, 0.25) is 0 Å². The second-order valence-corrected chi connectivity index (χ2v) is 7.90. The zero-order valence-electron chi connectivity index (χ0n) is 16.9. The quantitative estimate of drug-likeness (QED) is 0.487. The molecule has 2 aliphatic rings. The van der Waals surface area contributed by atoms with E-state index in [0.717, 1.165) is 6.07 Å². The van der Waals surface area contributed by atoms with Gasteiger partial charge in [-0.3, -0.25) is 9.59 Å². The SMILES string of the molecule is CC1=COC1=O.CCOC(=O)c1ccccc1S(=O)(=O)ON1C(=O)c2ccccc2C1=O. The van der Waals surface area contributed by atoms with Crippen LogP contribution in [0.5, 0.6) is 0 Å². The lowest BCUT2D eigenvalue weighted by molar-refractivity contribution is -0.138. The van der Waals surface area contributed by atoms with Gasteiger partial charge in [-0.15, -0.1) is 9.35 Å². The molecule has 2 aromatic carbocycles. The molecule has 2 amide bonds. The predicted octanol–water partition coefficient (Wildman–Crippen LogP) is 2.23. The lowest BCUT2D eigenvalue weighted by Crippen LogP contribution is -2.33. The smallest absolute Gasteiger partial charge is 0.341 e. The molecule has 11 heteroatoms. The molecule has 0 bridgehead atoms. The van der Waals surface area contributed by atoms with Gasteiger partial charge in [-0.05, 0) is 38.1 Å². The molecular formula is C21H17NO9S. The molecule has 0 saturated carbocycles. The highest BCUT2D eigenvalue weighted by Crippen LogP contribution is 2.27. The Kier molecular flexibility index (Phi) is 6.51. The average Bonchev–Trinajstić information content (AvgIpc) is 3.03. The number of hydrogen-bond donors (Lipinski definition) is 0. The molecule has 32 heavy (non-hydrogen) atoms. The molecule has 0 radical (unpaired) electrons.